The summed E-state index contributed by atoms with van der Waals surface area (Å²) in [5.74, 6) is 1.13. The van der Waals surface area contributed by atoms with Crippen LogP contribution >= 0.6 is 11.3 Å². The second kappa shape index (κ2) is 12.7. The molecule has 3 rings (SSSR count). The zero-order valence-electron chi connectivity index (χ0n) is 19.6. The van der Waals surface area contributed by atoms with Crippen LogP contribution in [0.15, 0.2) is 58.4 Å². The van der Waals surface area contributed by atoms with Crippen molar-refractivity contribution < 1.29 is 27.4 Å². The Kier molecular flexibility index (Phi) is 9.38. The van der Waals surface area contributed by atoms with Crippen LogP contribution in [0.5, 0.6) is 17.2 Å². The lowest BCUT2D eigenvalue weighted by Gasteiger charge is -2.11. The number of nitrogens with zero attached hydrogens (tertiary/aromatic N) is 3. The van der Waals surface area contributed by atoms with E-state index in [2.05, 4.69) is 15.5 Å². The largest absolute Gasteiger partial charge is 0.493 e. The average Bonchev–Trinajstić information content (AvgIpc) is 3.37. The number of para-hydroxylation sites is 2. The first-order chi connectivity index (χ1) is 17.4. The first-order valence-electron chi connectivity index (χ1n) is 10.8. The Hall–Kier alpha value is -3.95. The topological polar surface area (TPSA) is 140 Å². The molecule has 0 radical (unpaired) electrons. The van der Waals surface area contributed by atoms with Crippen LogP contribution in [0.2, 0.25) is 0 Å². The van der Waals surface area contributed by atoms with Crippen LogP contribution in [-0.2, 0) is 14.6 Å². The Morgan fingerprint density at radius 3 is 2.44 bits per heavy atom. The quantitative estimate of drug-likeness (QED) is 0.161. The van der Waals surface area contributed by atoms with Crippen molar-refractivity contribution in [3.63, 3.8) is 0 Å². The highest BCUT2D eigenvalue weighted by atomic mass is 32.2. The fourth-order valence-electron chi connectivity index (χ4n) is 2.82. The summed E-state index contributed by atoms with van der Waals surface area (Å²) in [6.07, 6.45) is 2.07. The number of benzene rings is 2. The number of methoxy groups -OCH3 is 1. The molecule has 10 nitrogen and oxygen atoms in total. The molecular formula is C24H24N4O6S2. The molecule has 0 saturated heterocycles. The van der Waals surface area contributed by atoms with Gasteiger partial charge in [0.25, 0.3) is 5.91 Å². The van der Waals surface area contributed by atoms with E-state index < -0.39 is 15.7 Å². The molecule has 0 fully saturated rings. The molecule has 0 aliphatic rings. The third-order valence-corrected chi connectivity index (χ3v) is 7.73. The Labute approximate surface area is 213 Å². The summed E-state index contributed by atoms with van der Waals surface area (Å²) >= 11 is 0.730. The van der Waals surface area contributed by atoms with Gasteiger partial charge in [0.1, 0.15) is 17.4 Å². The van der Waals surface area contributed by atoms with Gasteiger partial charge in [-0.25, -0.2) is 8.42 Å². The highest BCUT2D eigenvalue weighted by molar-refractivity contribution is 7.93. The van der Waals surface area contributed by atoms with Crippen molar-refractivity contribution >= 4 is 38.3 Å². The number of aromatic nitrogens is 2. The highest BCUT2D eigenvalue weighted by Gasteiger charge is 2.19. The number of carbonyl (C=O) groups is 1. The maximum absolute atomic E-state index is 12.4. The summed E-state index contributed by atoms with van der Waals surface area (Å²) in [7, 11) is -1.94. The second-order valence-electron chi connectivity index (χ2n) is 7.17. The van der Waals surface area contributed by atoms with Crippen LogP contribution in [0.3, 0.4) is 0 Å². The predicted molar refractivity (Wildman–Crippen MR) is 135 cm³/mol. The SMILES string of the molecule is CCS(=O)(=O)c1nnc(NC(=O)C(C#N)=Cc2ccc(OCCCOc3ccccc3OC)cc2)s1. The number of amides is 1. The summed E-state index contributed by atoms with van der Waals surface area (Å²) in [4.78, 5) is 12.4. The molecular weight excluding hydrogens is 504 g/mol. The van der Waals surface area contributed by atoms with E-state index in [4.69, 9.17) is 14.2 Å². The molecule has 1 heterocycles. The van der Waals surface area contributed by atoms with E-state index in [0.717, 1.165) is 11.3 Å². The Morgan fingerprint density at radius 2 is 1.78 bits per heavy atom. The molecule has 188 valence electrons. The van der Waals surface area contributed by atoms with E-state index in [-0.39, 0.29) is 20.8 Å². The van der Waals surface area contributed by atoms with E-state index in [9.17, 15) is 18.5 Å². The second-order valence-corrected chi connectivity index (χ2v) is 10.6. The van der Waals surface area contributed by atoms with E-state index in [1.165, 1.54) is 13.0 Å². The molecule has 0 unspecified atom stereocenters. The Bertz CT molecular complexity index is 1360. The fraction of sp³-hybridized carbons (Fsp3) is 0.250. The molecule has 0 aliphatic carbocycles. The van der Waals surface area contributed by atoms with Crippen LogP contribution < -0.4 is 19.5 Å². The van der Waals surface area contributed by atoms with Gasteiger partial charge in [0.05, 0.1) is 26.1 Å². The van der Waals surface area contributed by atoms with Gasteiger partial charge in [-0.2, -0.15) is 5.26 Å². The fourth-order valence-corrected chi connectivity index (χ4v) is 4.80. The number of nitrogens with one attached hydrogen (secondary N) is 1. The van der Waals surface area contributed by atoms with Gasteiger partial charge < -0.3 is 14.2 Å². The van der Waals surface area contributed by atoms with E-state index >= 15 is 0 Å². The molecule has 1 N–H and O–H groups in total. The zero-order chi connectivity index (χ0) is 26.0. The first-order valence-corrected chi connectivity index (χ1v) is 13.3. The van der Waals surface area contributed by atoms with E-state index in [0.29, 0.717) is 42.4 Å². The van der Waals surface area contributed by atoms with Crippen LogP contribution in [0, 0.1) is 11.3 Å². The zero-order valence-corrected chi connectivity index (χ0v) is 21.3. The number of sulfone groups is 1. The Balaban J connectivity index is 1.51. The first kappa shape index (κ1) is 26.7. The summed E-state index contributed by atoms with van der Waals surface area (Å²) in [6, 6.07) is 16.1. The molecule has 0 atom stereocenters. The van der Waals surface area contributed by atoms with Crippen molar-refractivity contribution in [1.29, 1.82) is 5.26 Å². The lowest BCUT2D eigenvalue weighted by atomic mass is 10.1. The van der Waals surface area contributed by atoms with E-state index in [1.54, 1.807) is 31.4 Å². The van der Waals surface area contributed by atoms with Gasteiger partial charge in [0.15, 0.2) is 11.5 Å². The lowest BCUT2D eigenvalue weighted by molar-refractivity contribution is -0.112. The summed E-state index contributed by atoms with van der Waals surface area (Å²) < 4.78 is 40.2. The molecule has 1 amide bonds. The van der Waals surface area contributed by atoms with Crippen LogP contribution in [-0.4, -0.2) is 50.6 Å². The third kappa shape index (κ3) is 7.27. The monoisotopic (exact) mass is 528 g/mol. The highest BCUT2D eigenvalue weighted by Crippen LogP contribution is 2.26. The maximum atomic E-state index is 12.4. The molecule has 0 aliphatic heterocycles. The van der Waals surface area contributed by atoms with Gasteiger partial charge in [-0.15, -0.1) is 10.2 Å². The smallest absolute Gasteiger partial charge is 0.268 e. The molecule has 12 heteroatoms. The van der Waals surface area contributed by atoms with Crippen LogP contribution in [0.4, 0.5) is 5.13 Å². The van der Waals surface area contributed by atoms with Crippen LogP contribution in [0.25, 0.3) is 6.08 Å². The molecule has 0 bridgehead atoms. The molecule has 36 heavy (non-hydrogen) atoms. The Morgan fingerprint density at radius 1 is 1.08 bits per heavy atom. The van der Waals surface area contributed by atoms with E-state index in [1.807, 2.05) is 30.3 Å². The maximum Gasteiger partial charge on any atom is 0.268 e. The predicted octanol–water partition coefficient (Wildman–Crippen LogP) is 3.73. The number of ether oxygens (including phenoxy) is 3. The van der Waals surface area contributed by atoms with Gasteiger partial charge in [0.2, 0.25) is 19.3 Å². The van der Waals surface area contributed by atoms with Crippen molar-refractivity contribution in [3.8, 4) is 23.3 Å². The minimum atomic E-state index is -3.53. The lowest BCUT2D eigenvalue weighted by Crippen LogP contribution is -2.13. The number of hydrogen-bond acceptors (Lipinski definition) is 10. The number of rotatable bonds is 12. The van der Waals surface area contributed by atoms with Crippen molar-refractivity contribution in [3.05, 3.63) is 59.7 Å². The molecule has 1 aromatic heterocycles. The van der Waals surface area contributed by atoms with Gasteiger partial charge >= 0.3 is 0 Å². The molecule has 0 saturated carbocycles. The molecule has 0 spiro atoms. The number of anilines is 1. The van der Waals surface area contributed by atoms with Gasteiger partial charge in [-0.3, -0.25) is 10.1 Å². The van der Waals surface area contributed by atoms with Crippen LogP contribution in [0.1, 0.15) is 18.9 Å². The number of hydrogen-bond donors (Lipinski definition) is 1. The van der Waals surface area contributed by atoms with Crippen molar-refractivity contribution in [1.82, 2.24) is 10.2 Å². The standard InChI is InChI=1S/C24H24N4O6S2/c1-3-36(30,31)24-28-27-23(35-24)26-22(29)18(16-25)15-17-9-11-19(12-10-17)33-13-6-14-34-21-8-5-4-7-20(21)32-2/h4-5,7-12,15H,3,6,13-14H2,1-2H3,(H,26,27,29). The summed E-state index contributed by atoms with van der Waals surface area (Å²) in [6.45, 7) is 2.38. The van der Waals surface area contributed by atoms with Gasteiger partial charge in [-0.05, 0) is 35.9 Å². The number of nitriles is 1. The summed E-state index contributed by atoms with van der Waals surface area (Å²) in [5.41, 5.74) is 0.437. The van der Waals surface area contributed by atoms with Crippen molar-refractivity contribution in [2.24, 2.45) is 0 Å². The molecule has 2 aromatic carbocycles. The van der Waals surface area contributed by atoms with Gasteiger partial charge in [-0.1, -0.05) is 42.5 Å². The van der Waals surface area contributed by atoms with Crippen molar-refractivity contribution in [2.45, 2.75) is 17.7 Å². The minimum Gasteiger partial charge on any atom is -0.493 e. The minimum absolute atomic E-state index is 0.00777. The number of carbonyl (C=O) groups excluding carboxylic acids is 1. The molecule has 3 aromatic rings. The third-order valence-electron chi connectivity index (χ3n) is 4.71. The van der Waals surface area contributed by atoms with Crippen molar-refractivity contribution in [2.75, 3.05) is 31.4 Å². The van der Waals surface area contributed by atoms with Gasteiger partial charge in [0, 0.05) is 6.42 Å². The summed E-state index contributed by atoms with van der Waals surface area (Å²) in [5, 5.41) is 19.0. The normalized spacial score (nSPS) is 11.4. The average molecular weight is 529 g/mol.